The molecule has 2 aliphatic heterocycles. The standard InChI is InChI=1S/C18H24N2O4S2/c1-4-12-7-6-8-13(5-2)17(12)20-14-10-26(22,23)11-15(14)25-18(20)19-16(21)9-24-3/h6-8,14-15H,4-5,9-11H2,1-3H3/t14-,15-/m0/s1. The molecule has 8 heteroatoms. The summed E-state index contributed by atoms with van der Waals surface area (Å²) in [5, 5.41) is 0.497. The summed E-state index contributed by atoms with van der Waals surface area (Å²) in [6.07, 6.45) is 1.65. The second kappa shape index (κ2) is 7.70. The van der Waals surface area contributed by atoms with Crippen LogP contribution in [0.3, 0.4) is 0 Å². The molecule has 6 nitrogen and oxygen atoms in total. The van der Waals surface area contributed by atoms with Crippen molar-refractivity contribution in [2.45, 2.75) is 38.0 Å². The number of methoxy groups -OCH3 is 1. The highest BCUT2D eigenvalue weighted by atomic mass is 32.2. The van der Waals surface area contributed by atoms with Gasteiger partial charge in [-0.2, -0.15) is 4.99 Å². The van der Waals surface area contributed by atoms with E-state index in [9.17, 15) is 13.2 Å². The zero-order valence-electron chi connectivity index (χ0n) is 15.3. The van der Waals surface area contributed by atoms with Crippen LogP contribution in [0.15, 0.2) is 23.2 Å². The van der Waals surface area contributed by atoms with Gasteiger partial charge >= 0.3 is 0 Å². The van der Waals surface area contributed by atoms with Crippen LogP contribution < -0.4 is 4.90 Å². The molecule has 1 aromatic rings. The number of hydrogen-bond acceptors (Lipinski definition) is 5. The highest BCUT2D eigenvalue weighted by molar-refractivity contribution is 8.16. The second-order valence-electron chi connectivity index (χ2n) is 6.52. The molecule has 0 N–H and O–H groups in total. The molecule has 0 aromatic heterocycles. The number of carbonyl (C=O) groups excluding carboxylic acids is 1. The molecule has 0 bridgehead atoms. The van der Waals surface area contributed by atoms with Gasteiger partial charge < -0.3 is 9.64 Å². The molecule has 26 heavy (non-hydrogen) atoms. The topological polar surface area (TPSA) is 76.0 Å². The van der Waals surface area contributed by atoms with Crippen molar-refractivity contribution in [2.75, 3.05) is 30.1 Å². The maximum atomic E-state index is 12.2. The third-order valence-corrected chi connectivity index (χ3v) is 7.97. The van der Waals surface area contributed by atoms with Crippen molar-refractivity contribution in [2.24, 2.45) is 4.99 Å². The number of nitrogens with zero attached hydrogens (tertiary/aromatic N) is 2. The van der Waals surface area contributed by atoms with Crippen molar-refractivity contribution in [1.82, 2.24) is 0 Å². The Morgan fingerprint density at radius 1 is 1.27 bits per heavy atom. The Hall–Kier alpha value is -1.38. The molecule has 142 valence electrons. The zero-order chi connectivity index (χ0) is 18.9. The number of sulfone groups is 1. The second-order valence-corrected chi connectivity index (χ2v) is 9.88. The molecule has 0 spiro atoms. The molecule has 0 radical (unpaired) electrons. The number of amidine groups is 1. The number of ether oxygens (including phenoxy) is 1. The number of anilines is 1. The van der Waals surface area contributed by atoms with Crippen molar-refractivity contribution in [3.05, 3.63) is 29.3 Å². The highest BCUT2D eigenvalue weighted by Crippen LogP contribution is 2.43. The van der Waals surface area contributed by atoms with E-state index in [1.165, 1.54) is 18.9 Å². The summed E-state index contributed by atoms with van der Waals surface area (Å²) >= 11 is 1.40. The molecule has 3 rings (SSSR count). The predicted molar refractivity (Wildman–Crippen MR) is 106 cm³/mol. The van der Waals surface area contributed by atoms with E-state index < -0.39 is 9.84 Å². The van der Waals surface area contributed by atoms with E-state index in [1.54, 1.807) is 0 Å². The minimum atomic E-state index is -3.07. The lowest BCUT2D eigenvalue weighted by Gasteiger charge is -2.29. The van der Waals surface area contributed by atoms with Crippen LogP contribution in [-0.4, -0.2) is 56.0 Å². The molecule has 2 saturated heterocycles. The van der Waals surface area contributed by atoms with Gasteiger partial charge in [-0.25, -0.2) is 8.42 Å². The van der Waals surface area contributed by atoms with Crippen LogP contribution in [-0.2, 0) is 32.2 Å². The van der Waals surface area contributed by atoms with Gasteiger partial charge in [0, 0.05) is 18.0 Å². The van der Waals surface area contributed by atoms with E-state index in [4.69, 9.17) is 4.74 Å². The SMILES string of the molecule is CCc1cccc(CC)c1N1C(=NC(=O)COC)S[C@H]2CS(=O)(=O)C[C@@H]21. The summed E-state index contributed by atoms with van der Waals surface area (Å²) in [5.41, 5.74) is 3.29. The molecule has 2 heterocycles. The lowest BCUT2D eigenvalue weighted by atomic mass is 10.0. The van der Waals surface area contributed by atoms with Crippen LogP contribution in [0.2, 0.25) is 0 Å². The number of amides is 1. The summed E-state index contributed by atoms with van der Waals surface area (Å²) in [6, 6.07) is 5.96. The number of thioether (sulfide) groups is 1. The lowest BCUT2D eigenvalue weighted by molar-refractivity contribution is -0.121. The van der Waals surface area contributed by atoms with Crippen molar-refractivity contribution >= 4 is 38.4 Å². The van der Waals surface area contributed by atoms with E-state index >= 15 is 0 Å². The van der Waals surface area contributed by atoms with E-state index in [2.05, 4.69) is 31.0 Å². The van der Waals surface area contributed by atoms with Gasteiger partial charge in [0.15, 0.2) is 15.0 Å². The lowest BCUT2D eigenvalue weighted by Crippen LogP contribution is -2.39. The van der Waals surface area contributed by atoms with Crippen molar-refractivity contribution in [1.29, 1.82) is 0 Å². The molecular formula is C18H24N2O4S2. The Morgan fingerprint density at radius 3 is 2.50 bits per heavy atom. The summed E-state index contributed by atoms with van der Waals surface area (Å²) in [5.74, 6) is -0.120. The Kier molecular flexibility index (Phi) is 5.74. The number of para-hydroxylation sites is 1. The van der Waals surface area contributed by atoms with E-state index in [-0.39, 0.29) is 35.3 Å². The molecule has 1 aromatic carbocycles. The number of aliphatic imine (C=N–C) groups is 1. The molecule has 0 saturated carbocycles. The number of rotatable bonds is 5. The van der Waals surface area contributed by atoms with Crippen molar-refractivity contribution < 1.29 is 17.9 Å². The van der Waals surface area contributed by atoms with Gasteiger partial charge in [0.25, 0.3) is 5.91 Å². The van der Waals surface area contributed by atoms with Gasteiger partial charge in [-0.1, -0.05) is 43.8 Å². The van der Waals surface area contributed by atoms with Gasteiger partial charge in [-0.3, -0.25) is 4.79 Å². The minimum Gasteiger partial charge on any atom is -0.375 e. The quantitative estimate of drug-likeness (QED) is 0.758. The van der Waals surface area contributed by atoms with Gasteiger partial charge in [-0.15, -0.1) is 0 Å². The average molecular weight is 397 g/mol. The summed E-state index contributed by atoms with van der Waals surface area (Å²) in [6.45, 7) is 4.08. The van der Waals surface area contributed by atoms with Crippen LogP contribution in [0.4, 0.5) is 5.69 Å². The molecule has 0 unspecified atom stereocenters. The Bertz CT molecular complexity index is 813. The van der Waals surface area contributed by atoms with Crippen LogP contribution in [0.1, 0.15) is 25.0 Å². The summed E-state index contributed by atoms with van der Waals surface area (Å²) < 4.78 is 29.3. The summed E-state index contributed by atoms with van der Waals surface area (Å²) in [4.78, 5) is 18.3. The molecule has 1 amide bonds. The minimum absolute atomic E-state index is 0.0818. The fourth-order valence-electron chi connectivity index (χ4n) is 3.61. The summed E-state index contributed by atoms with van der Waals surface area (Å²) in [7, 11) is -1.62. The largest absolute Gasteiger partial charge is 0.375 e. The van der Waals surface area contributed by atoms with Gasteiger partial charge in [0.1, 0.15) is 6.61 Å². The number of hydrogen-bond donors (Lipinski definition) is 0. The Labute approximate surface area is 158 Å². The Morgan fingerprint density at radius 2 is 1.92 bits per heavy atom. The monoisotopic (exact) mass is 396 g/mol. The number of fused-ring (bicyclic) bond motifs is 1. The molecular weight excluding hydrogens is 372 g/mol. The Balaban J connectivity index is 2.11. The van der Waals surface area contributed by atoms with Gasteiger partial charge in [0.05, 0.1) is 17.5 Å². The highest BCUT2D eigenvalue weighted by Gasteiger charge is 2.50. The maximum Gasteiger partial charge on any atom is 0.274 e. The molecule has 2 fully saturated rings. The first-order chi connectivity index (χ1) is 12.4. The van der Waals surface area contributed by atoms with Crippen molar-refractivity contribution in [3.63, 3.8) is 0 Å². The number of benzene rings is 1. The van der Waals surface area contributed by atoms with Crippen LogP contribution in [0.5, 0.6) is 0 Å². The fourth-order valence-corrected chi connectivity index (χ4v) is 7.53. The smallest absolute Gasteiger partial charge is 0.274 e. The first-order valence-corrected chi connectivity index (χ1v) is 11.5. The maximum absolute atomic E-state index is 12.2. The van der Waals surface area contributed by atoms with Crippen LogP contribution in [0, 0.1) is 0 Å². The normalized spacial score (nSPS) is 25.7. The third kappa shape index (κ3) is 3.68. The number of aryl methyl sites for hydroxylation is 2. The first-order valence-electron chi connectivity index (χ1n) is 8.77. The zero-order valence-corrected chi connectivity index (χ0v) is 16.9. The van der Waals surface area contributed by atoms with Crippen LogP contribution in [0.25, 0.3) is 0 Å². The predicted octanol–water partition coefficient (Wildman–Crippen LogP) is 2.06. The fraction of sp³-hybridized carbons (Fsp3) is 0.556. The van der Waals surface area contributed by atoms with Crippen LogP contribution >= 0.6 is 11.8 Å². The first kappa shape index (κ1) is 19.4. The average Bonchev–Trinajstić information content (AvgIpc) is 3.05. The van der Waals surface area contributed by atoms with E-state index in [0.717, 1.165) is 29.7 Å². The third-order valence-electron chi connectivity index (χ3n) is 4.76. The molecule has 2 aliphatic rings. The van der Waals surface area contributed by atoms with E-state index in [1.807, 2.05) is 11.0 Å². The number of carbonyl (C=O) groups is 1. The van der Waals surface area contributed by atoms with Gasteiger partial charge in [0.2, 0.25) is 0 Å². The van der Waals surface area contributed by atoms with Gasteiger partial charge in [-0.05, 0) is 24.0 Å². The van der Waals surface area contributed by atoms with Crippen molar-refractivity contribution in [3.8, 4) is 0 Å². The van der Waals surface area contributed by atoms with E-state index in [0.29, 0.717) is 5.17 Å². The molecule has 0 aliphatic carbocycles. The molecule has 2 atom stereocenters.